The lowest BCUT2D eigenvalue weighted by atomic mass is 9.96. The van der Waals surface area contributed by atoms with Crippen molar-refractivity contribution in [3.63, 3.8) is 0 Å². The maximum Gasteiger partial charge on any atom is 0.290 e. The number of nitrogens with zero attached hydrogens (tertiary/aromatic N) is 1. The maximum atomic E-state index is 13.8. The molecule has 1 aromatic heterocycles. The quantitative estimate of drug-likeness (QED) is 0.476. The zero-order valence-corrected chi connectivity index (χ0v) is 21.0. The van der Waals surface area contributed by atoms with Gasteiger partial charge in [-0.25, -0.2) is 0 Å². The molecule has 0 aliphatic carbocycles. The molecule has 2 heterocycles. The summed E-state index contributed by atoms with van der Waals surface area (Å²) < 4.78 is 17.6. The van der Waals surface area contributed by atoms with Gasteiger partial charge in [-0.05, 0) is 67.5 Å². The van der Waals surface area contributed by atoms with Crippen LogP contribution < -0.4 is 14.9 Å². The topological polar surface area (TPSA) is 89.2 Å². The normalized spacial score (nSPS) is 15.2. The molecule has 2 aromatic carbocycles. The molecule has 7 nitrogen and oxygen atoms in total. The van der Waals surface area contributed by atoms with Gasteiger partial charge in [0.15, 0.2) is 16.9 Å². The van der Waals surface area contributed by atoms with Crippen LogP contribution >= 0.6 is 0 Å². The van der Waals surface area contributed by atoms with E-state index < -0.39 is 6.04 Å². The molecular weight excluding hydrogens is 446 g/mol. The highest BCUT2D eigenvalue weighted by atomic mass is 16.5. The molecule has 1 N–H and O–H groups in total. The number of benzene rings is 2. The van der Waals surface area contributed by atoms with Crippen molar-refractivity contribution in [2.45, 2.75) is 46.6 Å². The van der Waals surface area contributed by atoms with Gasteiger partial charge in [0, 0.05) is 13.2 Å². The molecule has 0 spiro atoms. The van der Waals surface area contributed by atoms with Crippen molar-refractivity contribution in [2.75, 3.05) is 26.9 Å². The van der Waals surface area contributed by atoms with Gasteiger partial charge < -0.3 is 23.9 Å². The summed E-state index contributed by atoms with van der Waals surface area (Å²) in [6, 6.07) is 8.57. The number of carbonyl (C=O) groups is 1. The Balaban J connectivity index is 1.85. The van der Waals surface area contributed by atoms with Crippen molar-refractivity contribution in [3.8, 4) is 11.5 Å². The van der Waals surface area contributed by atoms with Gasteiger partial charge in [0.05, 0.1) is 30.7 Å². The second kappa shape index (κ2) is 10.1. The Hall–Kier alpha value is -3.32. The minimum atomic E-state index is -0.649. The highest BCUT2D eigenvalue weighted by Crippen LogP contribution is 2.41. The third-order valence-electron chi connectivity index (χ3n) is 6.43. The van der Waals surface area contributed by atoms with E-state index in [0.717, 1.165) is 23.1 Å². The number of carbonyl (C=O) groups excluding carboxylic acids is 1. The molecule has 0 bridgehead atoms. The average Bonchev–Trinajstić information content (AvgIpc) is 3.09. The predicted molar refractivity (Wildman–Crippen MR) is 134 cm³/mol. The molecule has 4 rings (SSSR count). The summed E-state index contributed by atoms with van der Waals surface area (Å²) >= 11 is 0. The molecular formula is C28H33NO6. The number of aryl methyl sites for hydroxylation is 2. The van der Waals surface area contributed by atoms with Crippen LogP contribution in [0.5, 0.6) is 11.5 Å². The SMILES string of the molecule is COc1cc(C2c3c(oc4cc(C)cc(C)c4c3=O)C(=O)N2CCCO)ccc1OCCC(C)C. The molecule has 35 heavy (non-hydrogen) atoms. The fourth-order valence-electron chi connectivity index (χ4n) is 4.71. The lowest BCUT2D eigenvalue weighted by molar-refractivity contribution is 0.0716. The van der Waals surface area contributed by atoms with E-state index in [0.29, 0.717) is 47.0 Å². The van der Waals surface area contributed by atoms with Gasteiger partial charge in [-0.2, -0.15) is 0 Å². The lowest BCUT2D eigenvalue weighted by Gasteiger charge is -2.25. The first-order valence-electron chi connectivity index (χ1n) is 12.1. The van der Waals surface area contributed by atoms with Gasteiger partial charge in [0.1, 0.15) is 5.58 Å². The van der Waals surface area contributed by atoms with Gasteiger partial charge in [-0.1, -0.05) is 26.0 Å². The minimum Gasteiger partial charge on any atom is -0.493 e. The van der Waals surface area contributed by atoms with Gasteiger partial charge in [-0.15, -0.1) is 0 Å². The molecule has 0 fully saturated rings. The number of hydrogen-bond donors (Lipinski definition) is 1. The first-order valence-corrected chi connectivity index (χ1v) is 12.1. The highest BCUT2D eigenvalue weighted by molar-refractivity contribution is 5.99. The third kappa shape index (κ3) is 4.65. The third-order valence-corrected chi connectivity index (χ3v) is 6.43. The van der Waals surface area contributed by atoms with Crippen LogP contribution in [-0.4, -0.2) is 42.8 Å². The van der Waals surface area contributed by atoms with E-state index in [2.05, 4.69) is 13.8 Å². The van der Waals surface area contributed by atoms with E-state index in [1.807, 2.05) is 38.1 Å². The number of aliphatic hydroxyl groups excluding tert-OH is 1. The first kappa shape index (κ1) is 24.8. The smallest absolute Gasteiger partial charge is 0.290 e. The fourth-order valence-corrected chi connectivity index (χ4v) is 4.71. The molecule has 0 radical (unpaired) electrons. The van der Waals surface area contributed by atoms with Crippen molar-refractivity contribution in [1.29, 1.82) is 0 Å². The molecule has 0 saturated heterocycles. The van der Waals surface area contributed by atoms with Crippen LogP contribution in [0.2, 0.25) is 0 Å². The molecule has 1 aliphatic rings. The number of rotatable bonds is 9. The Morgan fingerprint density at radius 1 is 1.11 bits per heavy atom. The summed E-state index contributed by atoms with van der Waals surface area (Å²) in [5.41, 5.74) is 3.01. The molecule has 7 heteroatoms. The number of fused-ring (bicyclic) bond motifs is 2. The monoisotopic (exact) mass is 479 g/mol. The Morgan fingerprint density at radius 2 is 1.89 bits per heavy atom. The highest BCUT2D eigenvalue weighted by Gasteiger charge is 2.42. The van der Waals surface area contributed by atoms with Crippen LogP contribution in [0, 0.1) is 19.8 Å². The van der Waals surface area contributed by atoms with Crippen LogP contribution in [0.3, 0.4) is 0 Å². The largest absolute Gasteiger partial charge is 0.493 e. The zero-order chi connectivity index (χ0) is 25.3. The number of aliphatic hydroxyl groups is 1. The van der Waals surface area contributed by atoms with E-state index in [-0.39, 0.29) is 30.2 Å². The molecule has 186 valence electrons. The molecule has 1 atom stereocenters. The van der Waals surface area contributed by atoms with Crippen LogP contribution in [0.1, 0.15) is 65.5 Å². The number of amides is 1. The summed E-state index contributed by atoms with van der Waals surface area (Å²) in [7, 11) is 1.57. The number of methoxy groups -OCH3 is 1. The first-order chi connectivity index (χ1) is 16.8. The summed E-state index contributed by atoms with van der Waals surface area (Å²) in [5.74, 6) is 1.37. The van der Waals surface area contributed by atoms with Crippen molar-refractivity contribution in [2.24, 2.45) is 5.92 Å². The molecule has 3 aromatic rings. The predicted octanol–water partition coefficient (Wildman–Crippen LogP) is 4.77. The molecule has 1 unspecified atom stereocenters. The minimum absolute atomic E-state index is 0.0617. The summed E-state index contributed by atoms with van der Waals surface area (Å²) in [5, 5.41) is 9.93. The fraction of sp³-hybridized carbons (Fsp3) is 0.429. The Kier molecular flexibility index (Phi) is 7.17. The van der Waals surface area contributed by atoms with E-state index >= 15 is 0 Å². The molecule has 0 saturated carbocycles. The van der Waals surface area contributed by atoms with Crippen LogP contribution in [0.25, 0.3) is 11.0 Å². The van der Waals surface area contributed by atoms with Crippen LogP contribution in [0.15, 0.2) is 39.5 Å². The Morgan fingerprint density at radius 3 is 2.57 bits per heavy atom. The van der Waals surface area contributed by atoms with Gasteiger partial charge in [0.2, 0.25) is 5.76 Å². The van der Waals surface area contributed by atoms with Crippen molar-refractivity contribution >= 4 is 16.9 Å². The van der Waals surface area contributed by atoms with Crippen molar-refractivity contribution in [3.05, 3.63) is 68.6 Å². The molecule has 1 amide bonds. The molecule has 1 aliphatic heterocycles. The Bertz CT molecular complexity index is 1310. The maximum absolute atomic E-state index is 13.8. The van der Waals surface area contributed by atoms with E-state index in [1.54, 1.807) is 18.1 Å². The van der Waals surface area contributed by atoms with E-state index in [1.165, 1.54) is 0 Å². The zero-order valence-electron chi connectivity index (χ0n) is 21.0. The van der Waals surface area contributed by atoms with Crippen molar-refractivity contribution < 1.29 is 23.8 Å². The van der Waals surface area contributed by atoms with Crippen LogP contribution in [-0.2, 0) is 0 Å². The van der Waals surface area contributed by atoms with Gasteiger partial charge >= 0.3 is 0 Å². The van der Waals surface area contributed by atoms with Gasteiger partial charge in [0.25, 0.3) is 5.91 Å². The number of ether oxygens (including phenoxy) is 2. The Labute approximate surface area is 205 Å². The van der Waals surface area contributed by atoms with E-state index in [9.17, 15) is 14.7 Å². The van der Waals surface area contributed by atoms with Crippen LogP contribution in [0.4, 0.5) is 0 Å². The van der Waals surface area contributed by atoms with E-state index in [4.69, 9.17) is 13.9 Å². The summed E-state index contributed by atoms with van der Waals surface area (Å²) in [6.07, 6.45) is 1.30. The van der Waals surface area contributed by atoms with Crippen molar-refractivity contribution in [1.82, 2.24) is 4.90 Å². The summed E-state index contributed by atoms with van der Waals surface area (Å²) in [4.78, 5) is 28.8. The average molecular weight is 480 g/mol. The standard InChI is InChI=1S/C28H33NO6/c1-16(2)9-12-34-20-8-7-19(15-21(20)33-5)25-24-26(31)23-18(4)13-17(3)14-22(23)35-27(24)28(32)29(25)10-6-11-30/h7-8,13-16,25,30H,6,9-12H2,1-5H3. The summed E-state index contributed by atoms with van der Waals surface area (Å²) in [6.45, 7) is 8.85. The second-order valence-electron chi connectivity index (χ2n) is 9.55. The lowest BCUT2D eigenvalue weighted by Crippen LogP contribution is -2.31. The number of hydrogen-bond acceptors (Lipinski definition) is 6. The van der Waals surface area contributed by atoms with Gasteiger partial charge in [-0.3, -0.25) is 9.59 Å². The second-order valence-corrected chi connectivity index (χ2v) is 9.55.